The van der Waals surface area contributed by atoms with Crippen LogP contribution in [0.5, 0.6) is 5.75 Å². The number of benzene rings is 5. The van der Waals surface area contributed by atoms with Crippen molar-refractivity contribution in [1.29, 1.82) is 0 Å². The number of halogens is 11. The summed E-state index contributed by atoms with van der Waals surface area (Å²) in [6.45, 7) is 0.941. The van der Waals surface area contributed by atoms with Crippen molar-refractivity contribution < 1.29 is 53.0 Å². The molecule has 0 saturated heterocycles. The molecule has 12 heteroatoms. The van der Waals surface area contributed by atoms with Crippen LogP contribution in [-0.4, -0.2) is 0 Å². The first-order valence-corrected chi connectivity index (χ1v) is 13.1. The van der Waals surface area contributed by atoms with E-state index in [1.54, 1.807) is 0 Å². The minimum absolute atomic E-state index is 0.0480. The second kappa shape index (κ2) is 12.3. The van der Waals surface area contributed by atoms with E-state index in [4.69, 9.17) is 0 Å². The Balaban J connectivity index is 1.39. The molecule has 0 unspecified atom stereocenters. The topological polar surface area (TPSA) is 9.23 Å². The van der Waals surface area contributed by atoms with Gasteiger partial charge in [-0.25, -0.2) is 39.5 Å². The molecule has 1 nitrogen and oxygen atoms in total. The van der Waals surface area contributed by atoms with Crippen molar-refractivity contribution in [1.82, 2.24) is 0 Å². The molecule has 0 N–H and O–H groups in total. The smallest absolute Gasteiger partial charge is 0.429 e. The van der Waals surface area contributed by atoms with E-state index in [1.165, 1.54) is 30.3 Å². The SMILES string of the molecule is CC(F)=C(F)c1ccc(-c2ccc(-c3cc(F)c(C(F)(F)Oc4ccc(-c5cc(F)c(F)c(F)c5)c(F)c4)c(F)c3)c(F)c2)cc1. The molecular weight excluding hydrogens is 633 g/mol. The van der Waals surface area contributed by atoms with E-state index in [1.807, 2.05) is 0 Å². The first-order chi connectivity index (χ1) is 21.7. The van der Waals surface area contributed by atoms with Crippen LogP contribution in [0, 0.1) is 40.7 Å². The molecule has 0 spiro atoms. The van der Waals surface area contributed by atoms with Crippen molar-refractivity contribution in [2.75, 3.05) is 0 Å². The van der Waals surface area contributed by atoms with Crippen molar-refractivity contribution in [3.63, 3.8) is 0 Å². The monoisotopic (exact) mass is 650 g/mol. The number of ether oxygens (including phenoxy) is 1. The molecule has 0 bridgehead atoms. The molecule has 236 valence electrons. The molecule has 0 aromatic heterocycles. The van der Waals surface area contributed by atoms with E-state index in [0.717, 1.165) is 31.2 Å². The van der Waals surface area contributed by atoms with Crippen LogP contribution < -0.4 is 4.74 Å². The Morgan fingerprint density at radius 3 is 1.48 bits per heavy atom. The largest absolute Gasteiger partial charge is 0.432 e. The van der Waals surface area contributed by atoms with Gasteiger partial charge in [-0.1, -0.05) is 36.4 Å². The lowest BCUT2D eigenvalue weighted by molar-refractivity contribution is -0.189. The highest BCUT2D eigenvalue weighted by Gasteiger charge is 2.41. The maximum atomic E-state index is 15.0. The number of rotatable bonds is 7. The molecule has 0 atom stereocenters. The van der Waals surface area contributed by atoms with Gasteiger partial charge < -0.3 is 4.74 Å². The molecule has 5 aromatic rings. The van der Waals surface area contributed by atoms with Crippen molar-refractivity contribution in [2.45, 2.75) is 13.0 Å². The molecule has 5 rings (SSSR count). The van der Waals surface area contributed by atoms with Crippen LogP contribution in [-0.2, 0) is 6.11 Å². The normalized spacial score (nSPS) is 12.3. The van der Waals surface area contributed by atoms with Crippen LogP contribution in [0.2, 0.25) is 0 Å². The third kappa shape index (κ3) is 6.33. The summed E-state index contributed by atoms with van der Waals surface area (Å²) in [7, 11) is 0. The fraction of sp³-hybridized carbons (Fsp3) is 0.0588. The molecule has 0 aliphatic rings. The Hall–Kier alpha value is -5.13. The van der Waals surface area contributed by atoms with Crippen molar-refractivity contribution >= 4 is 5.83 Å². The Morgan fingerprint density at radius 1 is 0.522 bits per heavy atom. The van der Waals surface area contributed by atoms with Crippen LogP contribution in [0.25, 0.3) is 39.2 Å². The first-order valence-electron chi connectivity index (χ1n) is 13.1. The van der Waals surface area contributed by atoms with E-state index in [9.17, 15) is 43.9 Å². The summed E-state index contributed by atoms with van der Waals surface area (Å²) >= 11 is 0. The van der Waals surface area contributed by atoms with Gasteiger partial charge in [-0.15, -0.1) is 0 Å². The maximum absolute atomic E-state index is 15.0. The highest BCUT2D eigenvalue weighted by molar-refractivity contribution is 5.73. The lowest BCUT2D eigenvalue weighted by Crippen LogP contribution is -2.25. The standard InChI is InChI=1S/C34H17F11O/c1-16(35)32(42)18-4-2-17(3-5-18)19-6-8-23(25(36)10-19)20-11-27(38)31(28(39)12-20)34(44,45)46-22-7-9-24(26(37)15-22)21-13-29(40)33(43)30(41)14-21/h2-15H,1H3. The van der Waals surface area contributed by atoms with Crippen molar-refractivity contribution in [2.24, 2.45) is 0 Å². The molecule has 0 aliphatic heterocycles. The average molecular weight is 650 g/mol. The Bertz CT molecular complexity index is 1950. The number of allylic oxidation sites excluding steroid dienone is 1. The first kappa shape index (κ1) is 32.3. The predicted octanol–water partition coefficient (Wildman–Crippen LogP) is 11.4. The van der Waals surface area contributed by atoms with E-state index < -0.39 is 86.5 Å². The zero-order valence-electron chi connectivity index (χ0n) is 23.1. The quantitative estimate of drug-likeness (QED) is 0.126. The average Bonchev–Trinajstić information content (AvgIpc) is 2.98. The van der Waals surface area contributed by atoms with E-state index in [0.29, 0.717) is 35.9 Å². The highest BCUT2D eigenvalue weighted by Crippen LogP contribution is 2.39. The maximum Gasteiger partial charge on any atom is 0.432 e. The Kier molecular flexibility index (Phi) is 8.66. The zero-order chi connectivity index (χ0) is 33.5. The number of alkyl halides is 2. The van der Waals surface area contributed by atoms with E-state index in [2.05, 4.69) is 4.74 Å². The van der Waals surface area contributed by atoms with Crippen LogP contribution in [0.1, 0.15) is 18.1 Å². The fourth-order valence-corrected chi connectivity index (χ4v) is 4.65. The fourth-order valence-electron chi connectivity index (χ4n) is 4.65. The van der Waals surface area contributed by atoms with Gasteiger partial charge in [0.15, 0.2) is 23.3 Å². The lowest BCUT2D eigenvalue weighted by atomic mass is 9.97. The van der Waals surface area contributed by atoms with Crippen LogP contribution in [0.4, 0.5) is 48.3 Å². The minimum atomic E-state index is -4.72. The summed E-state index contributed by atoms with van der Waals surface area (Å²) < 4.78 is 161. The summed E-state index contributed by atoms with van der Waals surface area (Å²) in [5.41, 5.74) is -3.05. The summed E-state index contributed by atoms with van der Waals surface area (Å²) in [5, 5.41) is 0. The second-order valence-corrected chi connectivity index (χ2v) is 9.95. The Morgan fingerprint density at radius 2 is 0.978 bits per heavy atom. The predicted molar refractivity (Wildman–Crippen MR) is 148 cm³/mol. The van der Waals surface area contributed by atoms with E-state index in [-0.39, 0.29) is 16.7 Å². The zero-order valence-corrected chi connectivity index (χ0v) is 23.1. The van der Waals surface area contributed by atoms with Gasteiger partial charge in [-0.2, -0.15) is 8.78 Å². The molecular formula is C34H17F11O. The number of hydrogen-bond acceptors (Lipinski definition) is 1. The van der Waals surface area contributed by atoms with Crippen LogP contribution in [0.15, 0.2) is 90.8 Å². The Labute approximate surface area is 253 Å². The van der Waals surface area contributed by atoms with Crippen LogP contribution in [0.3, 0.4) is 0 Å². The van der Waals surface area contributed by atoms with Crippen LogP contribution >= 0.6 is 0 Å². The molecule has 0 saturated carbocycles. The summed E-state index contributed by atoms with van der Waals surface area (Å²) in [5.74, 6) is -14.1. The summed E-state index contributed by atoms with van der Waals surface area (Å²) in [4.78, 5) is 0. The third-order valence-electron chi connectivity index (χ3n) is 6.87. The minimum Gasteiger partial charge on any atom is -0.429 e. The van der Waals surface area contributed by atoms with Gasteiger partial charge >= 0.3 is 6.11 Å². The van der Waals surface area contributed by atoms with Gasteiger partial charge in [0.2, 0.25) is 0 Å². The molecule has 0 fully saturated rings. The van der Waals surface area contributed by atoms with Gasteiger partial charge in [0.1, 0.15) is 40.4 Å². The van der Waals surface area contributed by atoms with Gasteiger partial charge in [0, 0.05) is 22.8 Å². The highest BCUT2D eigenvalue weighted by atomic mass is 19.3. The lowest BCUT2D eigenvalue weighted by Gasteiger charge is -2.20. The summed E-state index contributed by atoms with van der Waals surface area (Å²) in [6, 6.07) is 12.5. The molecule has 5 aromatic carbocycles. The molecule has 0 radical (unpaired) electrons. The van der Waals surface area contributed by atoms with Crippen molar-refractivity contribution in [3.05, 3.63) is 143 Å². The number of hydrogen-bond donors (Lipinski definition) is 0. The van der Waals surface area contributed by atoms with Gasteiger partial charge in [0.05, 0.1) is 0 Å². The summed E-state index contributed by atoms with van der Waals surface area (Å²) in [6.07, 6.45) is -4.72. The van der Waals surface area contributed by atoms with Gasteiger partial charge in [-0.05, 0) is 71.6 Å². The molecule has 0 aliphatic carbocycles. The second-order valence-electron chi connectivity index (χ2n) is 9.95. The van der Waals surface area contributed by atoms with Crippen molar-refractivity contribution in [3.8, 4) is 39.1 Å². The third-order valence-corrected chi connectivity index (χ3v) is 6.87. The van der Waals surface area contributed by atoms with E-state index >= 15 is 4.39 Å². The molecule has 46 heavy (non-hydrogen) atoms. The van der Waals surface area contributed by atoms with Gasteiger partial charge in [0.25, 0.3) is 0 Å². The van der Waals surface area contributed by atoms with Gasteiger partial charge in [-0.3, -0.25) is 0 Å². The molecule has 0 heterocycles. The molecule has 0 amide bonds.